The van der Waals surface area contributed by atoms with Crippen LogP contribution in [0.4, 0.5) is 4.39 Å². The van der Waals surface area contributed by atoms with Gasteiger partial charge in [-0.05, 0) is 37.1 Å². The van der Waals surface area contributed by atoms with E-state index in [4.69, 9.17) is 9.73 Å². The van der Waals surface area contributed by atoms with Crippen LogP contribution in [0.2, 0.25) is 0 Å². The van der Waals surface area contributed by atoms with Gasteiger partial charge < -0.3 is 19.9 Å². The van der Waals surface area contributed by atoms with Crippen molar-refractivity contribution in [2.24, 2.45) is 12.0 Å². The summed E-state index contributed by atoms with van der Waals surface area (Å²) in [5.41, 5.74) is 2.67. The van der Waals surface area contributed by atoms with Gasteiger partial charge in [-0.2, -0.15) is 0 Å². The average Bonchev–Trinajstić information content (AvgIpc) is 3.10. The zero-order chi connectivity index (χ0) is 21.8. The van der Waals surface area contributed by atoms with Gasteiger partial charge in [-0.25, -0.2) is 9.38 Å². The largest absolute Gasteiger partial charge is 0.493 e. The third kappa shape index (κ3) is 4.84. The quantitative estimate of drug-likeness (QED) is 0.487. The summed E-state index contributed by atoms with van der Waals surface area (Å²) < 4.78 is 21.3. The van der Waals surface area contributed by atoms with Crippen LogP contribution in [-0.4, -0.2) is 27.3 Å². The molecular formula is C23H27FN6O. The molecule has 0 saturated carbocycles. The highest BCUT2D eigenvalue weighted by atomic mass is 19.1. The number of benzene rings is 2. The summed E-state index contributed by atoms with van der Waals surface area (Å²) >= 11 is 0. The van der Waals surface area contributed by atoms with Crippen LogP contribution in [0, 0.1) is 19.7 Å². The van der Waals surface area contributed by atoms with Crippen LogP contribution in [-0.2, 0) is 20.1 Å². The molecule has 1 aromatic heterocycles. The molecule has 0 aliphatic carbocycles. The maximum atomic E-state index is 13.6. The van der Waals surface area contributed by atoms with Crippen molar-refractivity contribution in [3.63, 3.8) is 0 Å². The number of nitrogens with zero attached hydrogens (tertiary/aromatic N) is 4. The number of nitrogens with one attached hydrogen (secondary N) is 2. The van der Waals surface area contributed by atoms with E-state index in [2.05, 4.69) is 26.9 Å². The molecule has 0 radical (unpaired) electrons. The first-order valence-electron chi connectivity index (χ1n) is 10.4. The van der Waals surface area contributed by atoms with Gasteiger partial charge in [-0.3, -0.25) is 0 Å². The molecule has 8 heteroatoms. The standard InChI is InChI=1S/C23H27FN6O/c1-15-12-17(8-9-19(15)24)13-25-23(26-14-22-29-28-16(2)30(22)3)27-20-10-11-31-21-7-5-4-6-18(20)21/h4-9,12,20H,10-11,13-14H2,1-3H3,(H2,25,26,27). The Kier molecular flexibility index (Phi) is 6.16. The van der Waals surface area contributed by atoms with Gasteiger partial charge >= 0.3 is 0 Å². The molecule has 31 heavy (non-hydrogen) atoms. The van der Waals surface area contributed by atoms with Crippen molar-refractivity contribution < 1.29 is 9.13 Å². The molecule has 2 aromatic carbocycles. The fraction of sp³-hybridized carbons (Fsp3) is 0.348. The molecule has 2 heterocycles. The van der Waals surface area contributed by atoms with Gasteiger partial charge in [0.15, 0.2) is 11.8 Å². The monoisotopic (exact) mass is 422 g/mol. The van der Waals surface area contributed by atoms with E-state index in [0.29, 0.717) is 31.2 Å². The third-order valence-corrected chi connectivity index (χ3v) is 5.51. The molecule has 0 saturated heterocycles. The first kappa shape index (κ1) is 20.8. The lowest BCUT2D eigenvalue weighted by molar-refractivity contribution is 0.261. The molecule has 0 spiro atoms. The van der Waals surface area contributed by atoms with Gasteiger partial charge in [0, 0.05) is 19.0 Å². The Bertz CT molecular complexity index is 1090. The topological polar surface area (TPSA) is 76.4 Å². The van der Waals surface area contributed by atoms with Crippen molar-refractivity contribution in [2.45, 2.75) is 39.4 Å². The minimum absolute atomic E-state index is 0.0763. The smallest absolute Gasteiger partial charge is 0.192 e. The van der Waals surface area contributed by atoms with E-state index in [1.165, 1.54) is 6.07 Å². The van der Waals surface area contributed by atoms with Gasteiger partial charge in [0.2, 0.25) is 0 Å². The molecule has 1 atom stereocenters. The second kappa shape index (κ2) is 9.16. The minimum atomic E-state index is -0.208. The van der Waals surface area contributed by atoms with E-state index in [0.717, 1.165) is 34.9 Å². The molecule has 4 rings (SSSR count). The van der Waals surface area contributed by atoms with E-state index in [-0.39, 0.29) is 11.9 Å². The van der Waals surface area contributed by atoms with Gasteiger partial charge in [0.05, 0.1) is 25.7 Å². The molecule has 0 fully saturated rings. The van der Waals surface area contributed by atoms with E-state index < -0.39 is 0 Å². The number of aliphatic imine (C=N–C) groups is 1. The van der Waals surface area contributed by atoms with Crippen LogP contribution < -0.4 is 15.4 Å². The number of aryl methyl sites for hydroxylation is 2. The number of ether oxygens (including phenoxy) is 1. The number of hydrogen-bond donors (Lipinski definition) is 2. The van der Waals surface area contributed by atoms with E-state index in [9.17, 15) is 4.39 Å². The Hall–Kier alpha value is -3.42. The summed E-state index contributed by atoms with van der Waals surface area (Å²) in [6.07, 6.45) is 0.830. The van der Waals surface area contributed by atoms with E-state index in [1.807, 2.05) is 42.8 Å². The minimum Gasteiger partial charge on any atom is -0.493 e. The lowest BCUT2D eigenvalue weighted by Crippen LogP contribution is -2.41. The highest BCUT2D eigenvalue weighted by Gasteiger charge is 2.22. The highest BCUT2D eigenvalue weighted by Crippen LogP contribution is 2.31. The Morgan fingerprint density at radius 3 is 2.84 bits per heavy atom. The molecule has 162 valence electrons. The molecule has 0 bridgehead atoms. The normalized spacial score (nSPS) is 15.9. The summed E-state index contributed by atoms with van der Waals surface area (Å²) in [6.45, 7) is 5.23. The van der Waals surface area contributed by atoms with Crippen molar-refractivity contribution in [3.8, 4) is 5.75 Å². The number of para-hydroxylation sites is 1. The Morgan fingerprint density at radius 1 is 1.23 bits per heavy atom. The molecule has 7 nitrogen and oxygen atoms in total. The van der Waals surface area contributed by atoms with Crippen LogP contribution in [0.3, 0.4) is 0 Å². The number of halogens is 1. The summed E-state index contributed by atoms with van der Waals surface area (Å²) in [5, 5.41) is 15.2. The second-order valence-corrected chi connectivity index (χ2v) is 7.70. The zero-order valence-corrected chi connectivity index (χ0v) is 18.0. The lowest BCUT2D eigenvalue weighted by atomic mass is 10.0. The van der Waals surface area contributed by atoms with Crippen LogP contribution >= 0.6 is 0 Å². The molecule has 1 aliphatic rings. The SMILES string of the molecule is Cc1cc(CN=C(NCc2nnc(C)n2C)NC2CCOc3ccccc32)ccc1F. The highest BCUT2D eigenvalue weighted by molar-refractivity contribution is 5.80. The van der Waals surface area contributed by atoms with E-state index in [1.54, 1.807) is 13.0 Å². The summed E-state index contributed by atoms with van der Waals surface area (Å²) in [4.78, 5) is 4.76. The lowest BCUT2D eigenvalue weighted by Gasteiger charge is -2.28. The Labute approximate surface area is 181 Å². The number of hydrogen-bond acceptors (Lipinski definition) is 4. The molecule has 1 aliphatic heterocycles. The maximum absolute atomic E-state index is 13.6. The third-order valence-electron chi connectivity index (χ3n) is 5.51. The number of rotatable bonds is 5. The molecule has 2 N–H and O–H groups in total. The Balaban J connectivity index is 1.54. The number of fused-ring (bicyclic) bond motifs is 1. The molecule has 3 aromatic rings. The number of guanidine groups is 1. The van der Waals surface area contributed by atoms with Crippen molar-refractivity contribution in [2.75, 3.05) is 6.61 Å². The molecule has 0 amide bonds. The van der Waals surface area contributed by atoms with Crippen LogP contribution in [0.1, 0.15) is 40.8 Å². The van der Waals surface area contributed by atoms with Gasteiger partial charge in [-0.1, -0.05) is 30.3 Å². The molecule has 1 unspecified atom stereocenters. The Morgan fingerprint density at radius 2 is 2.06 bits per heavy atom. The second-order valence-electron chi connectivity index (χ2n) is 7.70. The first-order chi connectivity index (χ1) is 15.0. The van der Waals surface area contributed by atoms with Crippen LogP contribution in [0.15, 0.2) is 47.5 Å². The van der Waals surface area contributed by atoms with Crippen LogP contribution in [0.5, 0.6) is 5.75 Å². The van der Waals surface area contributed by atoms with Crippen molar-refractivity contribution in [1.29, 1.82) is 0 Å². The maximum Gasteiger partial charge on any atom is 0.192 e. The van der Waals surface area contributed by atoms with Gasteiger partial charge in [0.1, 0.15) is 17.4 Å². The fourth-order valence-electron chi connectivity index (χ4n) is 3.55. The summed E-state index contributed by atoms with van der Waals surface area (Å²) in [7, 11) is 1.94. The van der Waals surface area contributed by atoms with Crippen molar-refractivity contribution in [1.82, 2.24) is 25.4 Å². The van der Waals surface area contributed by atoms with Crippen molar-refractivity contribution >= 4 is 5.96 Å². The van der Waals surface area contributed by atoms with Crippen molar-refractivity contribution in [3.05, 3.63) is 76.6 Å². The van der Waals surface area contributed by atoms with Crippen LogP contribution in [0.25, 0.3) is 0 Å². The van der Waals surface area contributed by atoms with Gasteiger partial charge in [-0.15, -0.1) is 10.2 Å². The summed E-state index contributed by atoms with van der Waals surface area (Å²) in [6, 6.07) is 13.2. The predicted octanol–water partition coefficient (Wildman–Crippen LogP) is 3.33. The molecular weight excluding hydrogens is 395 g/mol. The zero-order valence-electron chi connectivity index (χ0n) is 18.0. The fourth-order valence-corrected chi connectivity index (χ4v) is 3.55. The predicted molar refractivity (Wildman–Crippen MR) is 117 cm³/mol. The average molecular weight is 423 g/mol. The first-order valence-corrected chi connectivity index (χ1v) is 10.4. The summed E-state index contributed by atoms with van der Waals surface area (Å²) in [5.74, 6) is 3.01. The van der Waals surface area contributed by atoms with E-state index >= 15 is 0 Å². The van der Waals surface area contributed by atoms with Gasteiger partial charge in [0.25, 0.3) is 0 Å². The number of aromatic nitrogens is 3.